The predicted molar refractivity (Wildman–Crippen MR) is 212 cm³/mol. The van der Waals surface area contributed by atoms with E-state index in [1.165, 1.54) is 48.1 Å². The summed E-state index contributed by atoms with van der Waals surface area (Å²) in [5.74, 6) is 1.08. The number of hydrogen-bond acceptors (Lipinski definition) is 3. The zero-order chi connectivity index (χ0) is 35.5. The Labute approximate surface area is 322 Å². The molecule has 267 valence electrons. The second-order valence-corrected chi connectivity index (χ2v) is 20.2. The van der Waals surface area contributed by atoms with Crippen LogP contribution in [-0.2, 0) is 26.5 Å². The van der Waals surface area contributed by atoms with E-state index in [9.17, 15) is 4.39 Å². The molecule has 1 aliphatic carbocycles. The van der Waals surface area contributed by atoms with Gasteiger partial charge in [-0.15, -0.1) is 54.1 Å². The monoisotopic (exact) mass is 881 g/mol. The van der Waals surface area contributed by atoms with Crippen LogP contribution in [0.3, 0.4) is 0 Å². The Morgan fingerprint density at radius 2 is 1.62 bits per heavy atom. The van der Waals surface area contributed by atoms with Crippen molar-refractivity contribution in [3.05, 3.63) is 139 Å². The molecule has 3 heterocycles. The van der Waals surface area contributed by atoms with Crippen LogP contribution in [0, 0.1) is 23.9 Å². The van der Waals surface area contributed by atoms with Crippen LogP contribution in [0.1, 0.15) is 56.6 Å². The van der Waals surface area contributed by atoms with E-state index in [0.717, 1.165) is 62.4 Å². The average molecular weight is 881 g/mol. The van der Waals surface area contributed by atoms with Crippen LogP contribution in [-0.4, -0.2) is 18.0 Å². The van der Waals surface area contributed by atoms with Gasteiger partial charge in [-0.1, -0.05) is 124 Å². The van der Waals surface area contributed by atoms with Gasteiger partial charge in [-0.05, 0) is 58.6 Å². The molecule has 52 heavy (non-hydrogen) atoms. The largest absolute Gasteiger partial charge is 0.501 e. The first kappa shape index (κ1) is 37.5. The Morgan fingerprint density at radius 1 is 0.827 bits per heavy atom. The second-order valence-electron chi connectivity index (χ2n) is 15.1. The van der Waals surface area contributed by atoms with Gasteiger partial charge in [0.1, 0.15) is 11.4 Å². The van der Waals surface area contributed by atoms with Gasteiger partial charge in [-0.25, -0.2) is 4.39 Å². The van der Waals surface area contributed by atoms with E-state index < -0.39 is 8.07 Å². The van der Waals surface area contributed by atoms with Gasteiger partial charge in [-0.3, -0.25) is 0 Å². The number of nitrogens with zero attached hydrogens (tertiary/aromatic N) is 2. The molecular formula is C46H45FIrN2OSi-2. The predicted octanol–water partition coefficient (Wildman–Crippen LogP) is 12.2. The summed E-state index contributed by atoms with van der Waals surface area (Å²) < 4.78 is 20.6. The maximum Gasteiger partial charge on any atom is 0.131 e. The van der Waals surface area contributed by atoms with Crippen LogP contribution in [0.15, 0.2) is 114 Å². The molecule has 1 saturated carbocycles. The van der Waals surface area contributed by atoms with Crippen LogP contribution in [0.4, 0.5) is 4.39 Å². The Kier molecular flexibility index (Phi) is 11.7. The van der Waals surface area contributed by atoms with Gasteiger partial charge in [0.2, 0.25) is 0 Å². The van der Waals surface area contributed by atoms with E-state index in [1.54, 1.807) is 12.1 Å². The number of benzene rings is 4. The first-order chi connectivity index (χ1) is 24.7. The van der Waals surface area contributed by atoms with Crippen LogP contribution < -0.4 is 5.19 Å². The van der Waals surface area contributed by atoms with Crippen molar-refractivity contribution < 1.29 is 28.9 Å². The summed E-state index contributed by atoms with van der Waals surface area (Å²) in [6.07, 6.45) is 10.5. The molecule has 1 aliphatic rings. The molecule has 0 amide bonds. The number of furan rings is 1. The number of pyridine rings is 2. The number of hydrogen-bond donors (Lipinski definition) is 0. The maximum absolute atomic E-state index is 14.3. The summed E-state index contributed by atoms with van der Waals surface area (Å²) in [6, 6.07) is 37.9. The summed E-state index contributed by atoms with van der Waals surface area (Å²) in [6.45, 7) is 11.7. The minimum absolute atomic E-state index is 0. The van der Waals surface area contributed by atoms with E-state index in [-0.39, 0.29) is 25.9 Å². The molecule has 0 atom stereocenters. The molecule has 0 aliphatic heterocycles. The van der Waals surface area contributed by atoms with Crippen molar-refractivity contribution in [2.24, 2.45) is 5.92 Å². The summed E-state index contributed by atoms with van der Waals surface area (Å²) in [7, 11) is -1.34. The molecule has 3 nitrogen and oxygen atoms in total. The van der Waals surface area contributed by atoms with E-state index in [4.69, 9.17) is 4.42 Å². The third-order valence-corrected chi connectivity index (χ3v) is 12.1. The van der Waals surface area contributed by atoms with Gasteiger partial charge in [0.05, 0.1) is 13.7 Å². The Morgan fingerprint density at radius 3 is 2.35 bits per heavy atom. The molecule has 0 saturated heterocycles. The third-order valence-electron chi connectivity index (χ3n) is 10.0. The standard InChI is InChI=1S/C29H23FNO.C17H22NSi.Ir/c30-26-11-4-3-8-22(26)21-12-13-23-24-9-5-10-25(29(24)32-28(23)18-21)27-17-20(14-15-31-27)16-19-6-1-2-7-19;1-13(2)15-11-16(14-9-7-6-8-10-14)18-12-17(15)19(3,4)5;/h3-5,8-9,11-15,17-19H,1-2,6-7,16H2;6-9,11-13H,1-5H3;/q2*-1;. The van der Waals surface area contributed by atoms with Crippen molar-refractivity contribution >= 4 is 35.2 Å². The second kappa shape index (κ2) is 16.2. The van der Waals surface area contributed by atoms with Gasteiger partial charge >= 0.3 is 0 Å². The van der Waals surface area contributed by atoms with Crippen molar-refractivity contribution in [2.75, 3.05) is 0 Å². The van der Waals surface area contributed by atoms with E-state index in [0.29, 0.717) is 11.5 Å². The van der Waals surface area contributed by atoms with Crippen molar-refractivity contribution in [3.8, 4) is 33.6 Å². The van der Waals surface area contributed by atoms with Crippen molar-refractivity contribution in [1.82, 2.24) is 9.97 Å². The normalized spacial score (nSPS) is 13.3. The molecule has 7 aromatic rings. The molecule has 8 rings (SSSR count). The fourth-order valence-electron chi connectivity index (χ4n) is 7.36. The maximum atomic E-state index is 14.3. The smallest absolute Gasteiger partial charge is 0.131 e. The van der Waals surface area contributed by atoms with Crippen LogP contribution in [0.25, 0.3) is 55.6 Å². The molecule has 6 heteroatoms. The van der Waals surface area contributed by atoms with Crippen LogP contribution >= 0.6 is 0 Å². The van der Waals surface area contributed by atoms with Gasteiger partial charge < -0.3 is 14.4 Å². The summed E-state index contributed by atoms with van der Waals surface area (Å²) in [4.78, 5) is 9.30. The summed E-state index contributed by atoms with van der Waals surface area (Å²) >= 11 is 0. The molecule has 0 unspecified atom stereocenters. The molecule has 0 spiro atoms. The first-order valence-corrected chi connectivity index (χ1v) is 21.7. The fourth-order valence-corrected chi connectivity index (χ4v) is 9.03. The molecule has 0 bridgehead atoms. The molecule has 0 N–H and O–H groups in total. The Hall–Kier alpha value is -4.22. The SMILES string of the molecule is CC(C)c1cc(-c2[c-]cccc2)ncc1[Si](C)(C)C.Fc1ccccc1-c1ccc2c(c1)oc1c(-c3cc(CC4CCCC4)ccn3)[c-]ccc12.[Ir]. The molecule has 1 fully saturated rings. The molecule has 4 aromatic carbocycles. The van der Waals surface area contributed by atoms with Crippen LogP contribution in [0.2, 0.25) is 19.6 Å². The first-order valence-electron chi connectivity index (χ1n) is 18.2. The molecule has 1 radical (unpaired) electrons. The van der Waals surface area contributed by atoms with Crippen molar-refractivity contribution in [3.63, 3.8) is 0 Å². The van der Waals surface area contributed by atoms with Gasteiger partial charge in [0.15, 0.2) is 0 Å². The zero-order valence-corrected chi connectivity index (χ0v) is 34.0. The topological polar surface area (TPSA) is 38.9 Å². The Balaban J connectivity index is 0.000000200. The third kappa shape index (κ3) is 8.20. The average Bonchev–Trinajstić information content (AvgIpc) is 3.79. The number of halogens is 1. The molecular weight excluding hydrogens is 836 g/mol. The minimum Gasteiger partial charge on any atom is -0.501 e. The summed E-state index contributed by atoms with van der Waals surface area (Å²) in [5.41, 5.74) is 9.53. The van der Waals surface area contributed by atoms with Gasteiger partial charge in [0.25, 0.3) is 0 Å². The number of fused-ring (bicyclic) bond motifs is 3. The van der Waals surface area contributed by atoms with Crippen molar-refractivity contribution in [2.45, 2.75) is 71.5 Å². The van der Waals surface area contributed by atoms with Gasteiger partial charge in [0, 0.05) is 43.4 Å². The van der Waals surface area contributed by atoms with E-state index >= 15 is 0 Å². The number of aromatic nitrogens is 2. The van der Waals surface area contributed by atoms with E-state index in [1.807, 2.05) is 60.8 Å². The van der Waals surface area contributed by atoms with Gasteiger partial charge in [-0.2, -0.15) is 0 Å². The quantitative estimate of drug-likeness (QED) is 0.118. The fraction of sp³-hybridized carbons (Fsp3) is 0.261. The summed E-state index contributed by atoms with van der Waals surface area (Å²) in [5, 5.41) is 3.51. The van der Waals surface area contributed by atoms with Crippen molar-refractivity contribution in [1.29, 1.82) is 0 Å². The minimum atomic E-state index is -1.34. The van der Waals surface area contributed by atoms with Crippen LogP contribution in [0.5, 0.6) is 0 Å². The number of rotatable bonds is 7. The molecule has 3 aromatic heterocycles. The van der Waals surface area contributed by atoms with E-state index in [2.05, 4.69) is 86.1 Å². The Bertz CT molecular complexity index is 2290. The zero-order valence-electron chi connectivity index (χ0n) is 30.6.